The quantitative estimate of drug-likeness (QED) is 0.858. The molecule has 0 saturated heterocycles. The van der Waals surface area contributed by atoms with Crippen LogP contribution in [0.15, 0.2) is 42.9 Å². The normalized spacial score (nSPS) is 10.4. The van der Waals surface area contributed by atoms with Crippen LogP contribution in [-0.4, -0.2) is 22.0 Å². The summed E-state index contributed by atoms with van der Waals surface area (Å²) in [6.45, 7) is 0.546. The van der Waals surface area contributed by atoms with E-state index in [-0.39, 0.29) is 5.91 Å². The molecule has 17 heavy (non-hydrogen) atoms. The second-order valence-corrected chi connectivity index (χ2v) is 3.87. The lowest BCUT2D eigenvalue weighted by atomic mass is 10.1. The highest BCUT2D eigenvalue weighted by Crippen LogP contribution is 2.03. The van der Waals surface area contributed by atoms with E-state index in [1.54, 1.807) is 12.5 Å². The molecule has 0 aliphatic carbocycles. The number of imidazole rings is 1. The molecule has 0 aliphatic heterocycles. The number of nitrogens with zero attached hydrogens (tertiary/aromatic N) is 2. The van der Waals surface area contributed by atoms with E-state index >= 15 is 0 Å². The largest absolute Gasteiger partial charge is 0.330 e. The molecule has 2 rings (SSSR count). The molecular formula is C13H15N3O. The summed E-state index contributed by atoms with van der Waals surface area (Å²) in [5.74, 6) is 0.0203. The number of carbonyl (C=O) groups excluding carboxylic acids is 1. The van der Waals surface area contributed by atoms with Gasteiger partial charge >= 0.3 is 0 Å². The zero-order chi connectivity index (χ0) is 12.1. The topological polar surface area (TPSA) is 60.9 Å². The van der Waals surface area contributed by atoms with Crippen LogP contribution in [0.2, 0.25) is 0 Å². The van der Waals surface area contributed by atoms with Crippen molar-refractivity contribution in [1.82, 2.24) is 9.55 Å². The third kappa shape index (κ3) is 3.01. The van der Waals surface area contributed by atoms with Gasteiger partial charge in [0.15, 0.2) is 0 Å². The maximum atomic E-state index is 11.9. The number of hydrogen-bond acceptors (Lipinski definition) is 3. The number of rotatable bonds is 4. The summed E-state index contributed by atoms with van der Waals surface area (Å²) in [4.78, 5) is 16.1. The Kier molecular flexibility index (Phi) is 3.67. The van der Waals surface area contributed by atoms with Crippen molar-refractivity contribution in [1.29, 1.82) is 0 Å². The van der Waals surface area contributed by atoms with E-state index in [0.717, 1.165) is 11.3 Å². The van der Waals surface area contributed by atoms with Gasteiger partial charge in [0.05, 0.1) is 12.1 Å². The highest BCUT2D eigenvalue weighted by atomic mass is 16.2. The van der Waals surface area contributed by atoms with Crippen molar-refractivity contribution in [3.05, 3.63) is 54.1 Å². The van der Waals surface area contributed by atoms with E-state index in [4.69, 9.17) is 5.73 Å². The molecule has 1 aromatic heterocycles. The number of aromatic nitrogens is 2. The highest BCUT2D eigenvalue weighted by molar-refractivity contribution is 5.81. The van der Waals surface area contributed by atoms with Crippen molar-refractivity contribution in [2.75, 3.05) is 6.54 Å². The molecule has 0 radical (unpaired) electrons. The van der Waals surface area contributed by atoms with Crippen LogP contribution in [0.1, 0.15) is 16.1 Å². The van der Waals surface area contributed by atoms with Gasteiger partial charge in [-0.25, -0.2) is 4.98 Å². The van der Waals surface area contributed by atoms with Crippen LogP contribution in [0, 0.1) is 0 Å². The maximum Gasteiger partial charge on any atom is 0.236 e. The van der Waals surface area contributed by atoms with Crippen molar-refractivity contribution in [2.45, 2.75) is 12.8 Å². The first-order valence-electron chi connectivity index (χ1n) is 5.59. The van der Waals surface area contributed by atoms with Gasteiger partial charge in [-0.1, -0.05) is 30.3 Å². The van der Waals surface area contributed by atoms with E-state index in [0.29, 0.717) is 19.4 Å². The Balaban J connectivity index is 2.04. The third-order valence-corrected chi connectivity index (χ3v) is 2.52. The molecule has 0 atom stereocenters. The van der Waals surface area contributed by atoms with Crippen LogP contribution in [-0.2, 0) is 12.8 Å². The fourth-order valence-corrected chi connectivity index (χ4v) is 1.64. The highest BCUT2D eigenvalue weighted by Gasteiger charge is 2.07. The van der Waals surface area contributed by atoms with Gasteiger partial charge in [-0.15, -0.1) is 0 Å². The van der Waals surface area contributed by atoms with Gasteiger partial charge in [-0.2, -0.15) is 0 Å². The molecule has 88 valence electrons. The van der Waals surface area contributed by atoms with E-state index < -0.39 is 0 Å². The average Bonchev–Trinajstić information content (AvgIpc) is 2.79. The van der Waals surface area contributed by atoms with Crippen molar-refractivity contribution in [2.24, 2.45) is 5.73 Å². The Labute approximate surface area is 100 Å². The van der Waals surface area contributed by atoms with Crippen LogP contribution in [0.3, 0.4) is 0 Å². The van der Waals surface area contributed by atoms with Crippen LogP contribution < -0.4 is 5.73 Å². The monoisotopic (exact) mass is 229 g/mol. The molecule has 4 nitrogen and oxygen atoms in total. The van der Waals surface area contributed by atoms with E-state index in [2.05, 4.69) is 4.98 Å². The van der Waals surface area contributed by atoms with Crippen LogP contribution in [0.4, 0.5) is 0 Å². The number of hydrogen-bond donors (Lipinski definition) is 1. The molecule has 0 spiro atoms. The standard InChI is InChI=1S/C13H15N3O/c14-7-6-12-9-16(10-15-12)13(17)8-11-4-2-1-3-5-11/h1-5,9-10H,6-8,14H2. The summed E-state index contributed by atoms with van der Waals surface area (Å²) in [5, 5.41) is 0. The molecule has 1 aromatic carbocycles. The molecule has 0 aliphatic rings. The van der Waals surface area contributed by atoms with Gasteiger partial charge in [-0.05, 0) is 12.1 Å². The first-order valence-corrected chi connectivity index (χ1v) is 5.59. The Morgan fingerprint density at radius 2 is 2.06 bits per heavy atom. The first-order chi connectivity index (χ1) is 8.29. The van der Waals surface area contributed by atoms with Crippen molar-refractivity contribution >= 4 is 5.91 Å². The van der Waals surface area contributed by atoms with E-state index in [1.165, 1.54) is 4.57 Å². The summed E-state index contributed by atoms with van der Waals surface area (Å²) < 4.78 is 1.53. The predicted octanol–water partition coefficient (Wildman–Crippen LogP) is 1.27. The molecule has 0 fully saturated rings. The molecule has 2 N–H and O–H groups in total. The molecule has 2 aromatic rings. The molecule has 4 heteroatoms. The third-order valence-electron chi connectivity index (χ3n) is 2.52. The van der Waals surface area contributed by atoms with Gasteiger partial charge in [0.2, 0.25) is 5.91 Å². The lowest BCUT2D eigenvalue weighted by Gasteiger charge is -2.00. The second-order valence-electron chi connectivity index (χ2n) is 3.87. The molecule has 1 heterocycles. The Bertz CT molecular complexity index is 490. The molecule has 0 unspecified atom stereocenters. The minimum absolute atomic E-state index is 0.0203. The average molecular weight is 229 g/mol. The Hall–Kier alpha value is -1.94. The number of benzene rings is 1. The minimum Gasteiger partial charge on any atom is -0.330 e. The smallest absolute Gasteiger partial charge is 0.236 e. The molecule has 0 bridgehead atoms. The van der Waals surface area contributed by atoms with Gasteiger partial charge in [0.25, 0.3) is 0 Å². The molecule has 0 saturated carbocycles. The SMILES string of the molecule is NCCc1cn(C(=O)Cc2ccccc2)cn1. The van der Waals surface area contributed by atoms with E-state index in [1.807, 2.05) is 30.3 Å². The first kappa shape index (κ1) is 11.5. The summed E-state index contributed by atoms with van der Waals surface area (Å²) in [7, 11) is 0. The fourth-order valence-electron chi connectivity index (χ4n) is 1.64. The predicted molar refractivity (Wildman–Crippen MR) is 65.8 cm³/mol. The van der Waals surface area contributed by atoms with Gasteiger partial charge in [-0.3, -0.25) is 9.36 Å². The Morgan fingerprint density at radius 1 is 1.29 bits per heavy atom. The molecule has 0 amide bonds. The van der Waals surface area contributed by atoms with Gasteiger partial charge in [0.1, 0.15) is 6.33 Å². The van der Waals surface area contributed by atoms with E-state index in [9.17, 15) is 4.79 Å². The fraction of sp³-hybridized carbons (Fsp3) is 0.231. The summed E-state index contributed by atoms with van der Waals surface area (Å²) in [6.07, 6.45) is 4.39. The summed E-state index contributed by atoms with van der Waals surface area (Å²) in [6, 6.07) is 9.67. The molecular weight excluding hydrogens is 214 g/mol. The second kappa shape index (κ2) is 5.41. The van der Waals surface area contributed by atoms with Crippen molar-refractivity contribution in [3.63, 3.8) is 0 Å². The van der Waals surface area contributed by atoms with Crippen molar-refractivity contribution < 1.29 is 4.79 Å². The van der Waals surface area contributed by atoms with Crippen LogP contribution >= 0.6 is 0 Å². The minimum atomic E-state index is 0.0203. The van der Waals surface area contributed by atoms with Crippen LogP contribution in [0.25, 0.3) is 0 Å². The number of nitrogens with two attached hydrogens (primary N) is 1. The zero-order valence-corrected chi connectivity index (χ0v) is 9.54. The Morgan fingerprint density at radius 3 is 2.76 bits per heavy atom. The van der Waals surface area contributed by atoms with Crippen LogP contribution in [0.5, 0.6) is 0 Å². The summed E-state index contributed by atoms with van der Waals surface area (Å²) >= 11 is 0. The lowest BCUT2D eigenvalue weighted by Crippen LogP contribution is -2.11. The maximum absolute atomic E-state index is 11.9. The van der Waals surface area contributed by atoms with Crippen molar-refractivity contribution in [3.8, 4) is 0 Å². The zero-order valence-electron chi connectivity index (χ0n) is 9.54. The van der Waals surface area contributed by atoms with Gasteiger partial charge < -0.3 is 5.73 Å². The lowest BCUT2D eigenvalue weighted by molar-refractivity contribution is 0.0914. The summed E-state index contributed by atoms with van der Waals surface area (Å²) in [5.41, 5.74) is 7.30. The number of carbonyl (C=O) groups is 1. The van der Waals surface area contributed by atoms with Gasteiger partial charge in [0, 0.05) is 12.6 Å².